The highest BCUT2D eigenvalue weighted by atomic mass is 16.3. The average molecular weight is 364 g/mol. The van der Waals surface area contributed by atoms with Gasteiger partial charge in [0.2, 0.25) is 0 Å². The summed E-state index contributed by atoms with van der Waals surface area (Å²) in [7, 11) is 0. The van der Waals surface area contributed by atoms with E-state index in [4.69, 9.17) is 0 Å². The first-order chi connectivity index (χ1) is 13.8. The SMILES string of the molecule is O=c1c(-c2ccccc2)c([O-])[n+]2ccccc2n1-c1cccc2ccccc12. The van der Waals surface area contributed by atoms with Crippen LogP contribution in [0.25, 0.3) is 33.2 Å². The lowest BCUT2D eigenvalue weighted by Gasteiger charge is -2.15. The molecule has 0 aliphatic heterocycles. The van der Waals surface area contributed by atoms with Crippen molar-refractivity contribution >= 4 is 16.4 Å². The van der Waals surface area contributed by atoms with Crippen molar-refractivity contribution in [3.63, 3.8) is 0 Å². The normalized spacial score (nSPS) is 11.1. The highest BCUT2D eigenvalue weighted by Gasteiger charge is 2.22. The first-order valence-corrected chi connectivity index (χ1v) is 9.06. The van der Waals surface area contributed by atoms with Crippen LogP contribution in [-0.2, 0) is 0 Å². The molecule has 4 heteroatoms. The Morgan fingerprint density at radius 2 is 1.46 bits per heavy atom. The first kappa shape index (κ1) is 16.3. The van der Waals surface area contributed by atoms with E-state index in [1.54, 1.807) is 35.0 Å². The third-order valence-corrected chi connectivity index (χ3v) is 4.99. The quantitative estimate of drug-likeness (QED) is 0.450. The van der Waals surface area contributed by atoms with Crippen LogP contribution in [0.1, 0.15) is 0 Å². The molecule has 0 amide bonds. The Balaban J connectivity index is 1.98. The largest absolute Gasteiger partial charge is 0.841 e. The third kappa shape index (κ3) is 2.39. The number of hydrogen-bond donors (Lipinski definition) is 0. The fourth-order valence-corrected chi connectivity index (χ4v) is 3.70. The van der Waals surface area contributed by atoms with Gasteiger partial charge in [-0.05, 0) is 23.1 Å². The smallest absolute Gasteiger partial charge is 0.350 e. The van der Waals surface area contributed by atoms with Gasteiger partial charge >= 0.3 is 5.56 Å². The van der Waals surface area contributed by atoms with Gasteiger partial charge in [0.15, 0.2) is 0 Å². The Morgan fingerprint density at radius 3 is 2.32 bits per heavy atom. The van der Waals surface area contributed by atoms with E-state index in [1.165, 1.54) is 4.40 Å². The fraction of sp³-hybridized carbons (Fsp3) is 0. The molecule has 0 atom stereocenters. The minimum atomic E-state index is -0.321. The van der Waals surface area contributed by atoms with Gasteiger partial charge in [0.05, 0.1) is 12.1 Å². The van der Waals surface area contributed by atoms with E-state index in [0.717, 1.165) is 16.5 Å². The molecule has 2 heterocycles. The minimum Gasteiger partial charge on any atom is -0.841 e. The molecule has 3 aromatic carbocycles. The summed E-state index contributed by atoms with van der Waals surface area (Å²) in [6, 6.07) is 28.3. The molecule has 0 spiro atoms. The second-order valence-electron chi connectivity index (χ2n) is 6.61. The van der Waals surface area contributed by atoms with Crippen molar-refractivity contribution in [2.45, 2.75) is 0 Å². The molecule has 2 aromatic heterocycles. The second-order valence-corrected chi connectivity index (χ2v) is 6.61. The molecule has 28 heavy (non-hydrogen) atoms. The van der Waals surface area contributed by atoms with Gasteiger partial charge in [-0.1, -0.05) is 72.8 Å². The standard InChI is InChI=1S/C24H16N2O2/c27-23-22(18-10-2-1-3-11-18)24(28)26(21-15-6-7-16-25(21)23)20-14-8-12-17-9-4-5-13-19(17)20/h1-16H. The van der Waals surface area contributed by atoms with Gasteiger partial charge in [-0.2, -0.15) is 4.57 Å². The topological polar surface area (TPSA) is 49.2 Å². The van der Waals surface area contributed by atoms with E-state index < -0.39 is 0 Å². The van der Waals surface area contributed by atoms with E-state index in [1.807, 2.05) is 66.7 Å². The first-order valence-electron chi connectivity index (χ1n) is 9.06. The van der Waals surface area contributed by atoms with Crippen molar-refractivity contribution in [3.8, 4) is 22.7 Å². The molecular formula is C24H16N2O2. The number of aromatic nitrogens is 2. The van der Waals surface area contributed by atoms with E-state index in [2.05, 4.69) is 0 Å². The number of pyridine rings is 1. The Morgan fingerprint density at radius 1 is 0.750 bits per heavy atom. The van der Waals surface area contributed by atoms with Crippen molar-refractivity contribution in [2.24, 2.45) is 0 Å². The Kier molecular flexibility index (Phi) is 3.69. The van der Waals surface area contributed by atoms with Gasteiger partial charge in [0.1, 0.15) is 11.3 Å². The molecule has 4 nitrogen and oxygen atoms in total. The zero-order valence-electron chi connectivity index (χ0n) is 14.9. The van der Waals surface area contributed by atoms with Gasteiger partial charge in [0.25, 0.3) is 5.65 Å². The summed E-state index contributed by atoms with van der Waals surface area (Å²) in [5, 5.41) is 15.1. The molecule has 5 aromatic rings. The van der Waals surface area contributed by atoms with Gasteiger partial charge in [-0.3, -0.25) is 0 Å². The van der Waals surface area contributed by atoms with Gasteiger partial charge in [-0.25, -0.2) is 9.20 Å². The number of nitrogens with zero attached hydrogens (tertiary/aromatic N) is 2. The van der Waals surface area contributed by atoms with Crippen LogP contribution in [0.3, 0.4) is 0 Å². The maximum absolute atomic E-state index is 13.6. The van der Waals surface area contributed by atoms with Crippen LogP contribution >= 0.6 is 0 Å². The van der Waals surface area contributed by atoms with Crippen LogP contribution in [-0.4, -0.2) is 4.57 Å². The van der Waals surface area contributed by atoms with E-state index >= 15 is 0 Å². The molecule has 0 saturated heterocycles. The Hall–Kier alpha value is -3.92. The van der Waals surface area contributed by atoms with Crippen LogP contribution in [0.5, 0.6) is 5.88 Å². The number of hydrogen-bond acceptors (Lipinski definition) is 2. The summed E-state index contributed by atoms with van der Waals surface area (Å²) in [6.45, 7) is 0. The summed E-state index contributed by atoms with van der Waals surface area (Å²) in [5.74, 6) is -0.316. The van der Waals surface area contributed by atoms with Gasteiger partial charge < -0.3 is 5.11 Å². The molecule has 0 N–H and O–H groups in total. The summed E-state index contributed by atoms with van der Waals surface area (Å²) in [4.78, 5) is 13.6. The van der Waals surface area contributed by atoms with Crippen molar-refractivity contribution in [2.75, 3.05) is 0 Å². The van der Waals surface area contributed by atoms with Crippen LogP contribution in [0.2, 0.25) is 0 Å². The Bertz CT molecular complexity index is 1380. The molecular weight excluding hydrogens is 348 g/mol. The molecule has 0 fully saturated rings. The summed E-state index contributed by atoms with van der Waals surface area (Å²) in [5.41, 5.74) is 1.75. The maximum atomic E-state index is 13.6. The molecule has 134 valence electrons. The number of rotatable bonds is 2. The summed E-state index contributed by atoms with van der Waals surface area (Å²) in [6.07, 6.45) is 1.70. The second kappa shape index (κ2) is 6.35. The number of fused-ring (bicyclic) bond motifs is 2. The van der Waals surface area contributed by atoms with Crippen molar-refractivity contribution in [1.82, 2.24) is 4.57 Å². The highest BCUT2D eigenvalue weighted by molar-refractivity contribution is 5.90. The average Bonchev–Trinajstić information content (AvgIpc) is 2.75. The predicted molar refractivity (Wildman–Crippen MR) is 108 cm³/mol. The zero-order valence-corrected chi connectivity index (χ0v) is 14.9. The number of benzene rings is 3. The monoisotopic (exact) mass is 364 g/mol. The van der Waals surface area contributed by atoms with E-state index in [-0.39, 0.29) is 17.0 Å². The van der Waals surface area contributed by atoms with Gasteiger partial charge in [-0.15, -0.1) is 0 Å². The lowest BCUT2D eigenvalue weighted by molar-refractivity contribution is -0.587. The molecule has 0 aliphatic rings. The Labute approximate surface area is 161 Å². The summed E-state index contributed by atoms with van der Waals surface area (Å²) >= 11 is 0. The molecule has 5 rings (SSSR count). The van der Waals surface area contributed by atoms with E-state index in [9.17, 15) is 9.90 Å². The highest BCUT2D eigenvalue weighted by Crippen LogP contribution is 2.25. The minimum absolute atomic E-state index is 0.164. The van der Waals surface area contributed by atoms with Crippen LogP contribution < -0.4 is 15.1 Å². The lowest BCUT2D eigenvalue weighted by atomic mass is 10.1. The molecule has 0 saturated carbocycles. The van der Waals surface area contributed by atoms with Crippen molar-refractivity contribution in [3.05, 3.63) is 108 Å². The van der Waals surface area contributed by atoms with Crippen molar-refractivity contribution in [1.29, 1.82) is 0 Å². The van der Waals surface area contributed by atoms with Crippen LogP contribution in [0.4, 0.5) is 0 Å². The predicted octanol–water partition coefficient (Wildman–Crippen LogP) is 3.47. The summed E-state index contributed by atoms with van der Waals surface area (Å²) < 4.78 is 3.16. The third-order valence-electron chi connectivity index (χ3n) is 4.99. The molecule has 0 unspecified atom stereocenters. The maximum Gasteiger partial charge on any atom is 0.350 e. The van der Waals surface area contributed by atoms with Crippen LogP contribution in [0.15, 0.2) is 102 Å². The lowest BCUT2D eigenvalue weighted by Crippen LogP contribution is -2.37. The zero-order chi connectivity index (χ0) is 19.1. The molecule has 0 bridgehead atoms. The molecule has 0 radical (unpaired) electrons. The van der Waals surface area contributed by atoms with E-state index in [0.29, 0.717) is 11.2 Å². The fourth-order valence-electron chi connectivity index (χ4n) is 3.70. The van der Waals surface area contributed by atoms with Crippen LogP contribution in [0, 0.1) is 0 Å². The molecule has 0 aliphatic carbocycles. The van der Waals surface area contributed by atoms with Crippen molar-refractivity contribution < 1.29 is 9.51 Å². The van der Waals surface area contributed by atoms with Gasteiger partial charge in [0, 0.05) is 11.5 Å².